The highest BCUT2D eigenvalue weighted by atomic mass is 79.9. The smallest absolute Gasteiger partial charge is 0.420 e. The van der Waals surface area contributed by atoms with Gasteiger partial charge in [0.1, 0.15) is 5.75 Å². The Morgan fingerprint density at radius 1 is 1.30 bits per heavy atom. The third-order valence-corrected chi connectivity index (χ3v) is 4.00. The van der Waals surface area contributed by atoms with Crippen LogP contribution in [0.4, 0.5) is 13.2 Å². The second-order valence-electron chi connectivity index (χ2n) is 4.86. The van der Waals surface area contributed by atoms with Crippen LogP contribution in [0.1, 0.15) is 30.0 Å². The zero-order valence-electron chi connectivity index (χ0n) is 10.6. The number of halogens is 4. The van der Waals surface area contributed by atoms with Gasteiger partial charge in [0.25, 0.3) is 0 Å². The van der Waals surface area contributed by atoms with Crippen molar-refractivity contribution in [3.8, 4) is 5.75 Å². The van der Waals surface area contributed by atoms with Gasteiger partial charge in [0.05, 0.1) is 5.56 Å². The predicted octanol–water partition coefficient (Wildman–Crippen LogP) is 3.60. The lowest BCUT2D eigenvalue weighted by atomic mass is 9.86. The van der Waals surface area contributed by atoms with E-state index in [-0.39, 0.29) is 16.0 Å². The summed E-state index contributed by atoms with van der Waals surface area (Å²) in [5.74, 6) is -0.773. The number of benzene rings is 1. The molecule has 0 spiro atoms. The maximum absolute atomic E-state index is 12.9. The summed E-state index contributed by atoms with van der Waals surface area (Å²) in [5.41, 5.74) is 5.11. The van der Waals surface area contributed by atoms with E-state index in [0.717, 1.165) is 6.07 Å². The Balaban J connectivity index is 2.38. The second-order valence-corrected chi connectivity index (χ2v) is 5.78. The number of hydrogen-bond donors (Lipinski definition) is 2. The summed E-state index contributed by atoms with van der Waals surface area (Å²) < 4.78 is 44.1. The van der Waals surface area contributed by atoms with Crippen LogP contribution < -0.4 is 5.73 Å². The minimum absolute atomic E-state index is 0.00466. The van der Waals surface area contributed by atoms with E-state index in [9.17, 15) is 18.3 Å². The molecule has 0 saturated carbocycles. The molecule has 112 valence electrons. The van der Waals surface area contributed by atoms with Crippen LogP contribution in [0.25, 0.3) is 0 Å². The van der Waals surface area contributed by atoms with Gasteiger partial charge in [-0.3, -0.25) is 0 Å². The van der Waals surface area contributed by atoms with E-state index in [4.69, 9.17) is 10.5 Å². The van der Waals surface area contributed by atoms with Crippen LogP contribution in [-0.4, -0.2) is 18.3 Å². The molecule has 3 N–H and O–H groups in total. The first kappa shape index (κ1) is 15.6. The molecule has 1 aliphatic heterocycles. The summed E-state index contributed by atoms with van der Waals surface area (Å²) in [5, 5.41) is 9.90. The first-order chi connectivity index (χ1) is 9.30. The summed E-state index contributed by atoms with van der Waals surface area (Å²) in [6, 6.07) is 1.66. The lowest BCUT2D eigenvalue weighted by molar-refractivity contribution is -0.138. The van der Waals surface area contributed by atoms with Crippen LogP contribution in [-0.2, 0) is 10.9 Å². The third kappa shape index (κ3) is 3.27. The summed E-state index contributed by atoms with van der Waals surface area (Å²) in [6.07, 6.45) is -3.26. The van der Waals surface area contributed by atoms with Crippen LogP contribution in [0.5, 0.6) is 5.75 Å². The van der Waals surface area contributed by atoms with Gasteiger partial charge in [-0.1, -0.05) is 15.9 Å². The van der Waals surface area contributed by atoms with Gasteiger partial charge in [-0.05, 0) is 30.9 Å². The van der Waals surface area contributed by atoms with Crippen molar-refractivity contribution in [1.29, 1.82) is 0 Å². The van der Waals surface area contributed by atoms with E-state index >= 15 is 0 Å². The fourth-order valence-electron chi connectivity index (χ4n) is 2.42. The Labute approximate surface area is 123 Å². The average molecular weight is 354 g/mol. The summed E-state index contributed by atoms with van der Waals surface area (Å²) >= 11 is 3.04. The molecule has 0 unspecified atom stereocenters. The molecule has 7 heteroatoms. The molecule has 1 saturated heterocycles. The Morgan fingerprint density at radius 2 is 1.90 bits per heavy atom. The fraction of sp³-hybridized carbons (Fsp3) is 0.538. The lowest BCUT2D eigenvalue weighted by Crippen LogP contribution is -2.27. The first-order valence-electron chi connectivity index (χ1n) is 6.23. The van der Waals surface area contributed by atoms with Crippen LogP contribution in [0.2, 0.25) is 0 Å². The fourth-order valence-corrected chi connectivity index (χ4v) is 2.89. The van der Waals surface area contributed by atoms with Gasteiger partial charge >= 0.3 is 6.18 Å². The first-order valence-corrected chi connectivity index (χ1v) is 7.03. The predicted molar refractivity (Wildman–Crippen MR) is 71.3 cm³/mol. The normalized spacial score (nSPS) is 19.1. The highest BCUT2D eigenvalue weighted by Crippen LogP contribution is 2.43. The molecule has 0 aliphatic carbocycles. The maximum atomic E-state index is 12.9. The molecule has 1 heterocycles. The van der Waals surface area contributed by atoms with Crippen molar-refractivity contribution in [3.63, 3.8) is 0 Å². The van der Waals surface area contributed by atoms with Gasteiger partial charge in [0.2, 0.25) is 0 Å². The monoisotopic (exact) mass is 353 g/mol. The Bertz CT molecular complexity index is 487. The van der Waals surface area contributed by atoms with Crippen molar-refractivity contribution in [1.82, 2.24) is 0 Å². The third-order valence-electron chi connectivity index (χ3n) is 3.54. The zero-order valence-corrected chi connectivity index (χ0v) is 12.2. The van der Waals surface area contributed by atoms with Crippen molar-refractivity contribution in [2.45, 2.75) is 25.1 Å². The zero-order chi connectivity index (χ0) is 14.9. The maximum Gasteiger partial charge on any atom is 0.420 e. The number of phenols is 1. The van der Waals surface area contributed by atoms with Crippen molar-refractivity contribution in [2.24, 2.45) is 11.7 Å². The molecular formula is C13H15BrF3NO2. The quantitative estimate of drug-likeness (QED) is 0.853. The van der Waals surface area contributed by atoms with Crippen LogP contribution in [0.3, 0.4) is 0 Å². The van der Waals surface area contributed by atoms with E-state index in [1.54, 1.807) is 0 Å². The molecular weight excluding hydrogens is 339 g/mol. The number of nitrogens with two attached hydrogens (primary N) is 1. The van der Waals surface area contributed by atoms with E-state index in [1.807, 2.05) is 0 Å². The second kappa shape index (κ2) is 5.91. The summed E-state index contributed by atoms with van der Waals surface area (Å²) in [4.78, 5) is 0. The molecule has 0 amide bonds. The van der Waals surface area contributed by atoms with E-state index in [2.05, 4.69) is 15.9 Å². The molecule has 1 fully saturated rings. The number of alkyl halides is 3. The Hall–Kier alpha value is -0.790. The molecule has 20 heavy (non-hydrogen) atoms. The lowest BCUT2D eigenvalue weighted by Gasteiger charge is -2.29. The SMILES string of the molecule is N[C@@H](c1cc(Br)cc(C(F)(F)F)c1O)C1CCOCC1. The van der Waals surface area contributed by atoms with Crippen molar-refractivity contribution >= 4 is 15.9 Å². The van der Waals surface area contributed by atoms with Crippen LogP contribution in [0, 0.1) is 5.92 Å². The van der Waals surface area contributed by atoms with Crippen molar-refractivity contribution in [3.05, 3.63) is 27.7 Å². The number of ether oxygens (including phenoxy) is 1. The minimum atomic E-state index is -4.61. The van der Waals surface area contributed by atoms with Crippen LogP contribution >= 0.6 is 15.9 Å². The van der Waals surface area contributed by atoms with Gasteiger partial charge in [-0.2, -0.15) is 13.2 Å². The van der Waals surface area contributed by atoms with Gasteiger partial charge in [-0.15, -0.1) is 0 Å². The standard InChI is InChI=1S/C13H15BrF3NO2/c14-8-5-9(11(18)7-1-3-20-4-2-7)12(19)10(6-8)13(15,16)17/h5-7,11,19H,1-4,18H2/t11-/m1/s1. The minimum Gasteiger partial charge on any atom is -0.507 e. The average Bonchev–Trinajstić information content (AvgIpc) is 2.40. The van der Waals surface area contributed by atoms with Crippen LogP contribution in [0.15, 0.2) is 16.6 Å². The number of hydrogen-bond acceptors (Lipinski definition) is 3. The van der Waals surface area contributed by atoms with Gasteiger partial charge in [0.15, 0.2) is 0 Å². The van der Waals surface area contributed by atoms with Crippen molar-refractivity contribution < 1.29 is 23.0 Å². The Kier molecular flexibility index (Phi) is 4.61. The molecule has 1 aliphatic rings. The van der Waals surface area contributed by atoms with E-state index in [0.29, 0.717) is 26.1 Å². The summed E-state index contributed by atoms with van der Waals surface area (Å²) in [6.45, 7) is 1.08. The molecule has 0 bridgehead atoms. The van der Waals surface area contributed by atoms with E-state index in [1.165, 1.54) is 6.07 Å². The highest BCUT2D eigenvalue weighted by Gasteiger charge is 2.37. The molecule has 2 rings (SSSR count). The summed E-state index contributed by atoms with van der Waals surface area (Å²) in [7, 11) is 0. The molecule has 0 radical (unpaired) electrons. The van der Waals surface area contributed by atoms with E-state index < -0.39 is 23.5 Å². The molecule has 0 aromatic heterocycles. The van der Waals surface area contributed by atoms with Gasteiger partial charge in [0, 0.05) is 29.3 Å². The van der Waals surface area contributed by atoms with Crippen molar-refractivity contribution in [2.75, 3.05) is 13.2 Å². The molecule has 3 nitrogen and oxygen atoms in total. The molecule has 1 aromatic rings. The van der Waals surface area contributed by atoms with Gasteiger partial charge < -0.3 is 15.6 Å². The Morgan fingerprint density at radius 3 is 2.45 bits per heavy atom. The number of rotatable bonds is 2. The number of aromatic hydroxyl groups is 1. The highest BCUT2D eigenvalue weighted by molar-refractivity contribution is 9.10. The van der Waals surface area contributed by atoms with Gasteiger partial charge in [-0.25, -0.2) is 0 Å². The molecule has 1 atom stereocenters. The largest absolute Gasteiger partial charge is 0.507 e. The number of phenolic OH excluding ortho intramolecular Hbond substituents is 1. The topological polar surface area (TPSA) is 55.5 Å². The molecule has 1 aromatic carbocycles.